The van der Waals surface area contributed by atoms with E-state index in [0.717, 1.165) is 25.7 Å². The number of carbonyl (C=O) groups is 1. The summed E-state index contributed by atoms with van der Waals surface area (Å²) in [6.07, 6.45) is 4.45. The molecule has 6 heteroatoms. The van der Waals surface area contributed by atoms with E-state index in [1.807, 2.05) is 12.1 Å². The number of anilines is 2. The number of para-hydroxylation sites is 2. The highest BCUT2D eigenvalue weighted by atomic mass is 32.2. The maximum absolute atomic E-state index is 12.9. The topological polar surface area (TPSA) is 57.7 Å². The smallest absolute Gasteiger partial charge is 0.235 e. The fraction of sp³-hybridized carbons (Fsp3) is 0.562. The minimum atomic E-state index is -3.40. The van der Waals surface area contributed by atoms with Crippen LogP contribution in [0.25, 0.3) is 0 Å². The third-order valence-corrected chi connectivity index (χ3v) is 6.61. The van der Waals surface area contributed by atoms with Crippen LogP contribution in [0.15, 0.2) is 24.3 Å². The van der Waals surface area contributed by atoms with Crippen LogP contribution in [0.1, 0.15) is 32.1 Å². The molecule has 2 aliphatic rings. The number of nitrogens with zero attached hydrogens (tertiary/aromatic N) is 2. The second-order valence-corrected chi connectivity index (χ2v) is 8.13. The second-order valence-electron chi connectivity index (χ2n) is 6.19. The van der Waals surface area contributed by atoms with Gasteiger partial charge in [0, 0.05) is 20.0 Å². The molecule has 0 aromatic heterocycles. The molecule has 1 fully saturated rings. The highest BCUT2D eigenvalue weighted by Crippen LogP contribution is 2.35. The van der Waals surface area contributed by atoms with E-state index in [-0.39, 0.29) is 30.5 Å². The highest BCUT2D eigenvalue weighted by Gasteiger charge is 2.33. The van der Waals surface area contributed by atoms with Crippen molar-refractivity contribution in [3.05, 3.63) is 24.3 Å². The van der Waals surface area contributed by atoms with Crippen molar-refractivity contribution in [2.45, 2.75) is 32.1 Å². The van der Waals surface area contributed by atoms with Crippen LogP contribution in [0.2, 0.25) is 0 Å². The summed E-state index contributed by atoms with van der Waals surface area (Å²) in [4.78, 5) is 13.7. The van der Waals surface area contributed by atoms with Gasteiger partial charge in [0.05, 0.1) is 17.1 Å². The SMILES string of the molecule is CN1C(=O)CCN(S(=O)(=O)CC2CCCC2)c2ccccc21. The lowest BCUT2D eigenvalue weighted by Crippen LogP contribution is -2.35. The van der Waals surface area contributed by atoms with Gasteiger partial charge in [0.1, 0.15) is 0 Å². The Kier molecular flexibility index (Phi) is 4.12. The fourth-order valence-corrected chi connectivity index (χ4v) is 5.36. The standard InChI is InChI=1S/C16H22N2O3S/c1-17-14-8-4-5-9-15(14)18(11-10-16(17)19)22(20,21)12-13-6-2-3-7-13/h4-5,8-9,13H,2-3,6-7,10-12H2,1H3. The summed E-state index contributed by atoms with van der Waals surface area (Å²) in [5, 5.41) is 0. The monoisotopic (exact) mass is 322 g/mol. The zero-order valence-corrected chi connectivity index (χ0v) is 13.7. The second kappa shape index (κ2) is 5.91. The quantitative estimate of drug-likeness (QED) is 0.858. The van der Waals surface area contributed by atoms with Crippen molar-refractivity contribution in [3.63, 3.8) is 0 Å². The van der Waals surface area contributed by atoms with Crippen molar-refractivity contribution in [3.8, 4) is 0 Å². The molecule has 0 atom stereocenters. The van der Waals surface area contributed by atoms with Crippen molar-refractivity contribution in [2.75, 3.05) is 28.6 Å². The minimum Gasteiger partial charge on any atom is -0.313 e. The van der Waals surface area contributed by atoms with E-state index in [1.165, 1.54) is 4.31 Å². The largest absolute Gasteiger partial charge is 0.313 e. The molecule has 0 radical (unpaired) electrons. The van der Waals surface area contributed by atoms with Gasteiger partial charge in [-0.1, -0.05) is 25.0 Å². The summed E-state index contributed by atoms with van der Waals surface area (Å²) in [6, 6.07) is 7.24. The van der Waals surface area contributed by atoms with Gasteiger partial charge >= 0.3 is 0 Å². The van der Waals surface area contributed by atoms with Crippen LogP contribution in [0.5, 0.6) is 0 Å². The Morgan fingerprint density at radius 3 is 2.45 bits per heavy atom. The Bertz CT molecular complexity index is 666. The molecule has 22 heavy (non-hydrogen) atoms. The summed E-state index contributed by atoms with van der Waals surface area (Å²) >= 11 is 0. The predicted molar refractivity (Wildman–Crippen MR) is 87.6 cm³/mol. The van der Waals surface area contributed by atoms with Gasteiger partial charge in [0.2, 0.25) is 15.9 Å². The number of rotatable bonds is 3. The summed E-state index contributed by atoms with van der Waals surface area (Å²) in [5.74, 6) is 0.402. The lowest BCUT2D eigenvalue weighted by molar-refractivity contribution is -0.118. The maximum Gasteiger partial charge on any atom is 0.235 e. The summed E-state index contributed by atoms with van der Waals surface area (Å²) in [6.45, 7) is 0.231. The molecule has 0 saturated heterocycles. The first-order chi connectivity index (χ1) is 10.5. The Balaban J connectivity index is 1.95. The van der Waals surface area contributed by atoms with Gasteiger partial charge in [-0.05, 0) is 30.9 Å². The molecule has 0 N–H and O–H groups in total. The van der Waals surface area contributed by atoms with Crippen molar-refractivity contribution < 1.29 is 13.2 Å². The van der Waals surface area contributed by atoms with Gasteiger partial charge in [0.25, 0.3) is 0 Å². The van der Waals surface area contributed by atoms with Crippen LogP contribution in [0.4, 0.5) is 11.4 Å². The van der Waals surface area contributed by atoms with Crippen molar-refractivity contribution in [1.29, 1.82) is 0 Å². The molecule has 120 valence electrons. The molecule has 0 bridgehead atoms. The van der Waals surface area contributed by atoms with E-state index in [1.54, 1.807) is 24.1 Å². The Morgan fingerprint density at radius 2 is 1.77 bits per heavy atom. The number of hydrogen-bond acceptors (Lipinski definition) is 3. The molecule has 1 aliphatic carbocycles. The maximum atomic E-state index is 12.9. The third kappa shape index (κ3) is 2.84. The van der Waals surface area contributed by atoms with E-state index >= 15 is 0 Å². The van der Waals surface area contributed by atoms with Gasteiger partial charge in [-0.15, -0.1) is 0 Å². The zero-order valence-electron chi connectivity index (χ0n) is 12.9. The lowest BCUT2D eigenvalue weighted by Gasteiger charge is -2.26. The molecular weight excluding hydrogens is 300 g/mol. The molecule has 0 unspecified atom stereocenters. The normalized spacial score (nSPS) is 20.1. The van der Waals surface area contributed by atoms with E-state index in [2.05, 4.69) is 0 Å². The van der Waals surface area contributed by atoms with Gasteiger partial charge in [0.15, 0.2) is 0 Å². The van der Waals surface area contributed by atoms with Crippen LogP contribution in [0.3, 0.4) is 0 Å². The van der Waals surface area contributed by atoms with E-state index in [4.69, 9.17) is 0 Å². The Hall–Kier alpha value is -1.56. The molecule has 3 rings (SSSR count). The van der Waals surface area contributed by atoms with Crippen LogP contribution in [-0.4, -0.2) is 33.7 Å². The van der Waals surface area contributed by atoms with Gasteiger partial charge in [-0.2, -0.15) is 0 Å². The number of carbonyl (C=O) groups excluding carboxylic acids is 1. The van der Waals surface area contributed by atoms with E-state index < -0.39 is 10.0 Å². The van der Waals surface area contributed by atoms with Crippen molar-refractivity contribution in [2.24, 2.45) is 5.92 Å². The van der Waals surface area contributed by atoms with Crippen molar-refractivity contribution in [1.82, 2.24) is 0 Å². The molecular formula is C16H22N2O3S. The first-order valence-corrected chi connectivity index (χ1v) is 9.46. The highest BCUT2D eigenvalue weighted by molar-refractivity contribution is 7.92. The van der Waals surface area contributed by atoms with E-state index in [9.17, 15) is 13.2 Å². The summed E-state index contributed by atoms with van der Waals surface area (Å²) < 4.78 is 27.2. The Morgan fingerprint density at radius 1 is 1.14 bits per heavy atom. The predicted octanol–water partition coefficient (Wildman–Crippen LogP) is 2.38. The van der Waals surface area contributed by atoms with Crippen LogP contribution < -0.4 is 9.21 Å². The van der Waals surface area contributed by atoms with Gasteiger partial charge < -0.3 is 4.90 Å². The number of benzene rings is 1. The molecule has 1 aromatic rings. The average molecular weight is 322 g/mol. The van der Waals surface area contributed by atoms with Crippen LogP contribution in [-0.2, 0) is 14.8 Å². The molecule has 5 nitrogen and oxygen atoms in total. The molecule has 1 aliphatic heterocycles. The van der Waals surface area contributed by atoms with Crippen LogP contribution in [0, 0.1) is 5.92 Å². The first-order valence-electron chi connectivity index (χ1n) is 7.85. The van der Waals surface area contributed by atoms with Crippen molar-refractivity contribution >= 4 is 27.3 Å². The minimum absolute atomic E-state index is 0.0500. The average Bonchev–Trinajstić information content (AvgIpc) is 2.94. The molecule has 1 saturated carbocycles. The molecule has 1 aromatic carbocycles. The summed E-state index contributed by atoms with van der Waals surface area (Å²) in [7, 11) is -1.69. The summed E-state index contributed by atoms with van der Waals surface area (Å²) in [5.41, 5.74) is 1.29. The number of fused-ring (bicyclic) bond motifs is 1. The molecule has 1 amide bonds. The third-order valence-electron chi connectivity index (χ3n) is 4.67. The first kappa shape index (κ1) is 15.3. The number of hydrogen-bond donors (Lipinski definition) is 0. The zero-order chi connectivity index (χ0) is 15.7. The lowest BCUT2D eigenvalue weighted by atomic mass is 10.1. The van der Waals surface area contributed by atoms with Crippen LogP contribution >= 0.6 is 0 Å². The Labute approximate surface area is 132 Å². The van der Waals surface area contributed by atoms with Gasteiger partial charge in [-0.3, -0.25) is 9.10 Å². The fourth-order valence-electron chi connectivity index (χ4n) is 3.43. The van der Waals surface area contributed by atoms with E-state index in [0.29, 0.717) is 11.4 Å². The number of sulfonamides is 1. The number of amides is 1. The molecule has 1 heterocycles. The molecule has 0 spiro atoms. The van der Waals surface area contributed by atoms with Gasteiger partial charge in [-0.25, -0.2) is 8.42 Å².